The average molecular weight is 270 g/mol. The number of hydrogen-bond acceptors (Lipinski definition) is 2. The summed E-state index contributed by atoms with van der Waals surface area (Å²) in [6.07, 6.45) is 0.515. The van der Waals surface area contributed by atoms with E-state index in [0.29, 0.717) is 23.6 Å². The van der Waals surface area contributed by atoms with Crippen LogP contribution in [0.2, 0.25) is 5.02 Å². The summed E-state index contributed by atoms with van der Waals surface area (Å²) in [6.45, 7) is 2.26. The summed E-state index contributed by atoms with van der Waals surface area (Å²) in [6, 6.07) is 5.10. The zero-order chi connectivity index (χ0) is 13.7. The minimum absolute atomic E-state index is 0.0667. The predicted molar refractivity (Wildman–Crippen MR) is 70.0 cm³/mol. The van der Waals surface area contributed by atoms with Crippen LogP contribution < -0.4 is 0 Å². The topological polar surface area (TPSA) is 57.6 Å². The predicted octanol–water partition coefficient (Wildman–Crippen LogP) is 2.59. The molecule has 18 heavy (non-hydrogen) atoms. The van der Waals surface area contributed by atoms with Gasteiger partial charge in [-0.3, -0.25) is 9.59 Å². The monoisotopic (exact) mass is 269 g/mol. The Labute approximate surface area is 111 Å². The number of benzene rings is 1. The number of carbonyl (C=O) groups excluding carboxylic acids is 1. The number of rotatable bonds is 5. The molecule has 0 spiro atoms. The Morgan fingerprint density at radius 3 is 2.61 bits per heavy atom. The maximum absolute atomic E-state index is 12.0. The highest BCUT2D eigenvalue weighted by Crippen LogP contribution is 2.17. The highest BCUT2D eigenvalue weighted by atomic mass is 35.5. The molecule has 4 nitrogen and oxygen atoms in total. The van der Waals surface area contributed by atoms with E-state index in [0.717, 1.165) is 5.56 Å². The lowest BCUT2D eigenvalue weighted by molar-refractivity contribution is -0.137. The Hall–Kier alpha value is -1.55. The molecular weight excluding hydrogens is 254 g/mol. The van der Waals surface area contributed by atoms with Gasteiger partial charge in [-0.15, -0.1) is 0 Å². The van der Waals surface area contributed by atoms with Crippen molar-refractivity contribution < 1.29 is 14.7 Å². The average Bonchev–Trinajstić information content (AvgIpc) is 2.31. The van der Waals surface area contributed by atoms with Gasteiger partial charge in [0, 0.05) is 30.6 Å². The molecule has 0 aliphatic heterocycles. The molecule has 0 fully saturated rings. The first kappa shape index (κ1) is 14.5. The van der Waals surface area contributed by atoms with Gasteiger partial charge in [-0.2, -0.15) is 0 Å². The maximum Gasteiger partial charge on any atom is 0.303 e. The van der Waals surface area contributed by atoms with E-state index >= 15 is 0 Å². The molecule has 98 valence electrons. The number of aryl methyl sites for hydroxylation is 1. The first-order valence-corrected chi connectivity index (χ1v) is 6.03. The Morgan fingerprint density at radius 2 is 2.06 bits per heavy atom. The van der Waals surface area contributed by atoms with Crippen LogP contribution in [0.15, 0.2) is 18.2 Å². The van der Waals surface area contributed by atoms with Gasteiger partial charge in [-0.25, -0.2) is 0 Å². The van der Waals surface area contributed by atoms with Gasteiger partial charge >= 0.3 is 5.97 Å². The third-order valence-corrected chi connectivity index (χ3v) is 3.06. The lowest BCUT2D eigenvalue weighted by Crippen LogP contribution is -2.28. The number of aliphatic carboxylic acids is 1. The van der Waals surface area contributed by atoms with E-state index in [1.54, 1.807) is 25.2 Å². The van der Waals surface area contributed by atoms with Crippen LogP contribution in [0, 0.1) is 6.92 Å². The molecule has 0 aliphatic carbocycles. The highest BCUT2D eigenvalue weighted by Gasteiger charge is 2.12. The van der Waals surface area contributed by atoms with Crippen molar-refractivity contribution in [1.29, 1.82) is 0 Å². The standard InChI is InChI=1S/C13H16ClNO3/c1-9-8-10(5-6-11(9)14)13(18)15(2)7-3-4-12(16)17/h5-6,8H,3-4,7H2,1-2H3,(H,16,17). The third-order valence-electron chi connectivity index (χ3n) is 2.64. The fourth-order valence-corrected chi connectivity index (χ4v) is 1.68. The van der Waals surface area contributed by atoms with Gasteiger partial charge in [0.05, 0.1) is 0 Å². The van der Waals surface area contributed by atoms with Crippen molar-refractivity contribution in [2.24, 2.45) is 0 Å². The van der Waals surface area contributed by atoms with Crippen LogP contribution >= 0.6 is 11.6 Å². The second-order valence-corrected chi connectivity index (χ2v) is 4.60. The fraction of sp³-hybridized carbons (Fsp3) is 0.385. The second kappa shape index (κ2) is 6.40. The summed E-state index contributed by atoms with van der Waals surface area (Å²) in [7, 11) is 1.66. The molecule has 0 saturated heterocycles. The molecule has 0 aromatic heterocycles. The second-order valence-electron chi connectivity index (χ2n) is 4.19. The van der Waals surface area contributed by atoms with Crippen LogP contribution in [0.1, 0.15) is 28.8 Å². The van der Waals surface area contributed by atoms with Gasteiger partial charge in [0.2, 0.25) is 0 Å². The van der Waals surface area contributed by atoms with E-state index < -0.39 is 5.97 Å². The first-order chi connectivity index (χ1) is 8.41. The van der Waals surface area contributed by atoms with Crippen LogP contribution in [0.5, 0.6) is 0 Å². The molecule has 0 radical (unpaired) electrons. The van der Waals surface area contributed by atoms with E-state index in [9.17, 15) is 9.59 Å². The molecule has 0 aliphatic rings. The van der Waals surface area contributed by atoms with Crippen LogP contribution in [0.4, 0.5) is 0 Å². The molecule has 0 heterocycles. The number of carboxylic acids is 1. The van der Waals surface area contributed by atoms with Crippen molar-refractivity contribution >= 4 is 23.5 Å². The minimum atomic E-state index is -0.849. The SMILES string of the molecule is Cc1cc(C(=O)N(C)CCCC(=O)O)ccc1Cl. The lowest BCUT2D eigenvalue weighted by Gasteiger charge is -2.17. The highest BCUT2D eigenvalue weighted by molar-refractivity contribution is 6.31. The molecule has 0 unspecified atom stereocenters. The quantitative estimate of drug-likeness (QED) is 0.894. The zero-order valence-electron chi connectivity index (χ0n) is 10.4. The lowest BCUT2D eigenvalue weighted by atomic mass is 10.1. The molecule has 5 heteroatoms. The Balaban J connectivity index is 2.62. The van der Waals surface area contributed by atoms with E-state index in [-0.39, 0.29) is 12.3 Å². The van der Waals surface area contributed by atoms with Crippen molar-refractivity contribution in [1.82, 2.24) is 4.90 Å². The van der Waals surface area contributed by atoms with Crippen molar-refractivity contribution in [2.45, 2.75) is 19.8 Å². The molecule has 0 bridgehead atoms. The number of amides is 1. The maximum atomic E-state index is 12.0. The van der Waals surface area contributed by atoms with Crippen LogP contribution in [0.25, 0.3) is 0 Å². The molecular formula is C13H16ClNO3. The van der Waals surface area contributed by atoms with Crippen molar-refractivity contribution in [3.05, 3.63) is 34.3 Å². The fourth-order valence-electron chi connectivity index (χ4n) is 1.57. The number of halogens is 1. The molecule has 0 saturated carbocycles. The van der Waals surface area contributed by atoms with Gasteiger partial charge in [0.15, 0.2) is 0 Å². The number of hydrogen-bond donors (Lipinski definition) is 1. The van der Waals surface area contributed by atoms with Gasteiger partial charge in [-0.05, 0) is 37.1 Å². The van der Waals surface area contributed by atoms with E-state index in [1.165, 1.54) is 4.90 Å². The summed E-state index contributed by atoms with van der Waals surface area (Å²) in [5, 5.41) is 9.16. The molecule has 1 aromatic rings. The summed E-state index contributed by atoms with van der Waals surface area (Å²) in [4.78, 5) is 23.9. The number of carboxylic acid groups (broad SMARTS) is 1. The van der Waals surface area contributed by atoms with Crippen molar-refractivity contribution in [3.63, 3.8) is 0 Å². The zero-order valence-corrected chi connectivity index (χ0v) is 11.2. The van der Waals surface area contributed by atoms with Gasteiger partial charge < -0.3 is 10.0 Å². The summed E-state index contributed by atoms with van der Waals surface area (Å²) in [5.41, 5.74) is 1.41. The number of carbonyl (C=O) groups is 2. The van der Waals surface area contributed by atoms with E-state index in [4.69, 9.17) is 16.7 Å². The summed E-state index contributed by atoms with van der Waals surface area (Å²) in [5.74, 6) is -0.974. The van der Waals surface area contributed by atoms with E-state index in [2.05, 4.69) is 0 Å². The van der Waals surface area contributed by atoms with Crippen molar-refractivity contribution in [2.75, 3.05) is 13.6 Å². The minimum Gasteiger partial charge on any atom is -0.481 e. The Kier molecular flexibility index (Phi) is 5.16. The van der Waals surface area contributed by atoms with Crippen molar-refractivity contribution in [3.8, 4) is 0 Å². The molecule has 1 aromatic carbocycles. The largest absolute Gasteiger partial charge is 0.481 e. The molecule has 1 amide bonds. The summed E-state index contributed by atoms with van der Waals surface area (Å²) >= 11 is 5.89. The number of nitrogens with zero attached hydrogens (tertiary/aromatic N) is 1. The molecule has 0 atom stereocenters. The van der Waals surface area contributed by atoms with Crippen LogP contribution in [0.3, 0.4) is 0 Å². The van der Waals surface area contributed by atoms with Crippen LogP contribution in [-0.4, -0.2) is 35.5 Å². The molecule has 1 rings (SSSR count). The first-order valence-electron chi connectivity index (χ1n) is 5.65. The Bertz CT molecular complexity index is 460. The normalized spacial score (nSPS) is 10.2. The van der Waals surface area contributed by atoms with Gasteiger partial charge in [0.25, 0.3) is 5.91 Å². The smallest absolute Gasteiger partial charge is 0.303 e. The summed E-state index contributed by atoms with van der Waals surface area (Å²) < 4.78 is 0. The third kappa shape index (κ3) is 4.04. The molecule has 1 N–H and O–H groups in total. The van der Waals surface area contributed by atoms with Crippen LogP contribution in [-0.2, 0) is 4.79 Å². The van der Waals surface area contributed by atoms with E-state index in [1.807, 2.05) is 6.92 Å². The Morgan fingerprint density at radius 1 is 1.39 bits per heavy atom. The van der Waals surface area contributed by atoms with Gasteiger partial charge in [0.1, 0.15) is 0 Å². The van der Waals surface area contributed by atoms with Gasteiger partial charge in [-0.1, -0.05) is 11.6 Å².